The summed E-state index contributed by atoms with van der Waals surface area (Å²) in [5.74, 6) is 1.41. The molecule has 19 heavy (non-hydrogen) atoms. The lowest BCUT2D eigenvalue weighted by Gasteiger charge is -2.31. The molecular weight excluding hydrogens is 254 g/mol. The molecule has 0 spiro atoms. The van der Waals surface area contributed by atoms with Gasteiger partial charge < -0.3 is 0 Å². The van der Waals surface area contributed by atoms with E-state index in [2.05, 4.69) is 24.8 Å². The van der Waals surface area contributed by atoms with Gasteiger partial charge in [-0.15, -0.1) is 0 Å². The van der Waals surface area contributed by atoms with Gasteiger partial charge in [-0.2, -0.15) is 11.8 Å². The van der Waals surface area contributed by atoms with Gasteiger partial charge in [0.2, 0.25) is 0 Å². The van der Waals surface area contributed by atoms with Gasteiger partial charge in [-0.25, -0.2) is 0 Å². The van der Waals surface area contributed by atoms with E-state index in [0.717, 1.165) is 30.0 Å². The molecule has 3 heteroatoms. The molecule has 0 aliphatic carbocycles. The summed E-state index contributed by atoms with van der Waals surface area (Å²) in [6, 6.07) is 6.10. The maximum atomic E-state index is 12.4. The Bertz CT molecular complexity index is 458. The molecule has 0 radical (unpaired) electrons. The SMILES string of the molecule is CCC1CN(CC(=O)c2ccc(C)cc2C)CCS1. The monoisotopic (exact) mass is 277 g/mol. The molecule has 0 bridgehead atoms. The second kappa shape index (κ2) is 6.58. The van der Waals surface area contributed by atoms with Crippen LogP contribution < -0.4 is 0 Å². The van der Waals surface area contributed by atoms with Crippen LogP contribution in [-0.4, -0.2) is 41.3 Å². The van der Waals surface area contributed by atoms with Crippen LogP contribution in [0.15, 0.2) is 18.2 Å². The summed E-state index contributed by atoms with van der Waals surface area (Å²) in [6.07, 6.45) is 1.19. The summed E-state index contributed by atoms with van der Waals surface area (Å²) in [4.78, 5) is 14.7. The Labute approximate surface area is 120 Å². The Kier molecular flexibility index (Phi) is 5.06. The summed E-state index contributed by atoms with van der Waals surface area (Å²) in [5.41, 5.74) is 3.20. The predicted octanol–water partition coefficient (Wildman–Crippen LogP) is 3.31. The van der Waals surface area contributed by atoms with Crippen molar-refractivity contribution in [1.82, 2.24) is 4.90 Å². The van der Waals surface area contributed by atoms with Gasteiger partial charge in [-0.1, -0.05) is 30.7 Å². The second-order valence-electron chi connectivity index (χ2n) is 5.38. The van der Waals surface area contributed by atoms with E-state index in [1.165, 1.54) is 12.0 Å². The van der Waals surface area contributed by atoms with Crippen molar-refractivity contribution in [2.24, 2.45) is 0 Å². The molecule has 1 aromatic carbocycles. The van der Waals surface area contributed by atoms with Gasteiger partial charge in [0.1, 0.15) is 0 Å². The number of nitrogens with zero attached hydrogens (tertiary/aromatic N) is 1. The number of hydrogen-bond acceptors (Lipinski definition) is 3. The Balaban J connectivity index is 2.00. The maximum Gasteiger partial charge on any atom is 0.177 e. The minimum Gasteiger partial charge on any atom is -0.294 e. The number of aryl methyl sites for hydroxylation is 2. The largest absolute Gasteiger partial charge is 0.294 e. The number of Topliss-reactive ketones (excluding diaryl/α,β-unsaturated/α-hetero) is 1. The molecule has 0 aromatic heterocycles. The molecule has 104 valence electrons. The van der Waals surface area contributed by atoms with E-state index in [0.29, 0.717) is 11.8 Å². The first-order valence-electron chi connectivity index (χ1n) is 7.04. The summed E-state index contributed by atoms with van der Waals surface area (Å²) < 4.78 is 0. The molecule has 1 aromatic rings. The highest BCUT2D eigenvalue weighted by Gasteiger charge is 2.21. The molecule has 1 heterocycles. The Morgan fingerprint density at radius 2 is 2.21 bits per heavy atom. The topological polar surface area (TPSA) is 20.3 Å². The van der Waals surface area contributed by atoms with Crippen LogP contribution in [0.2, 0.25) is 0 Å². The molecule has 1 aliphatic heterocycles. The first-order chi connectivity index (χ1) is 9.10. The highest BCUT2D eigenvalue weighted by Crippen LogP contribution is 2.21. The molecule has 0 saturated carbocycles. The van der Waals surface area contributed by atoms with Crippen LogP contribution in [0.4, 0.5) is 0 Å². The Morgan fingerprint density at radius 1 is 1.42 bits per heavy atom. The van der Waals surface area contributed by atoms with Crippen LogP contribution >= 0.6 is 11.8 Å². The third-order valence-electron chi connectivity index (χ3n) is 3.73. The van der Waals surface area contributed by atoms with Gasteiger partial charge in [0.15, 0.2) is 5.78 Å². The lowest BCUT2D eigenvalue weighted by molar-refractivity contribution is 0.0932. The molecular formula is C16H23NOS. The van der Waals surface area contributed by atoms with Crippen LogP contribution in [0.25, 0.3) is 0 Å². The summed E-state index contributed by atoms with van der Waals surface area (Å²) in [6.45, 7) is 8.99. The molecule has 1 aliphatic rings. The second-order valence-corrected chi connectivity index (χ2v) is 6.79. The fraction of sp³-hybridized carbons (Fsp3) is 0.562. The zero-order valence-corrected chi connectivity index (χ0v) is 12.9. The smallest absolute Gasteiger partial charge is 0.177 e. The normalized spacial score (nSPS) is 20.5. The molecule has 1 unspecified atom stereocenters. The Hall–Kier alpha value is -0.800. The van der Waals surface area contributed by atoms with E-state index < -0.39 is 0 Å². The number of carbonyl (C=O) groups excluding carboxylic acids is 1. The van der Waals surface area contributed by atoms with E-state index >= 15 is 0 Å². The minimum atomic E-state index is 0.263. The number of hydrogen-bond donors (Lipinski definition) is 0. The number of carbonyl (C=O) groups is 1. The third-order valence-corrected chi connectivity index (χ3v) is 5.10. The van der Waals surface area contributed by atoms with Gasteiger partial charge in [0, 0.05) is 29.7 Å². The molecule has 0 N–H and O–H groups in total. The van der Waals surface area contributed by atoms with Crippen molar-refractivity contribution in [2.45, 2.75) is 32.4 Å². The minimum absolute atomic E-state index is 0.263. The predicted molar refractivity (Wildman–Crippen MR) is 83.2 cm³/mol. The summed E-state index contributed by atoms with van der Waals surface area (Å²) in [7, 11) is 0. The maximum absolute atomic E-state index is 12.4. The van der Waals surface area contributed by atoms with E-state index in [1.54, 1.807) is 0 Å². The van der Waals surface area contributed by atoms with Crippen molar-refractivity contribution in [1.29, 1.82) is 0 Å². The summed E-state index contributed by atoms with van der Waals surface area (Å²) in [5, 5.41) is 0.695. The van der Waals surface area contributed by atoms with Gasteiger partial charge in [0.05, 0.1) is 6.54 Å². The van der Waals surface area contributed by atoms with E-state index in [1.807, 2.05) is 30.8 Å². The quantitative estimate of drug-likeness (QED) is 0.788. The van der Waals surface area contributed by atoms with E-state index in [4.69, 9.17) is 0 Å². The average Bonchev–Trinajstić information content (AvgIpc) is 2.38. The third kappa shape index (κ3) is 3.83. The fourth-order valence-electron chi connectivity index (χ4n) is 2.59. The van der Waals surface area contributed by atoms with E-state index in [-0.39, 0.29) is 5.78 Å². The highest BCUT2D eigenvalue weighted by molar-refractivity contribution is 8.00. The standard InChI is InChI=1S/C16H23NOS/c1-4-14-10-17(7-8-19-14)11-16(18)15-6-5-12(2)9-13(15)3/h5-6,9,14H,4,7-8,10-11H2,1-3H3. The van der Waals surface area contributed by atoms with Crippen LogP contribution in [0.3, 0.4) is 0 Å². The number of thioether (sulfide) groups is 1. The first-order valence-corrected chi connectivity index (χ1v) is 8.09. The van der Waals surface area contributed by atoms with Crippen LogP contribution in [-0.2, 0) is 0 Å². The molecule has 2 rings (SSSR count). The van der Waals surface area contributed by atoms with Crippen LogP contribution in [0.1, 0.15) is 34.8 Å². The van der Waals surface area contributed by atoms with Crippen molar-refractivity contribution in [3.05, 3.63) is 34.9 Å². The first kappa shape index (κ1) is 14.6. The van der Waals surface area contributed by atoms with Gasteiger partial charge >= 0.3 is 0 Å². The van der Waals surface area contributed by atoms with Crippen LogP contribution in [0.5, 0.6) is 0 Å². The van der Waals surface area contributed by atoms with Crippen LogP contribution in [0, 0.1) is 13.8 Å². The number of rotatable bonds is 4. The lowest BCUT2D eigenvalue weighted by atomic mass is 10.0. The van der Waals surface area contributed by atoms with Crippen molar-refractivity contribution >= 4 is 17.5 Å². The highest BCUT2D eigenvalue weighted by atomic mass is 32.2. The zero-order chi connectivity index (χ0) is 13.8. The molecule has 1 fully saturated rings. The average molecular weight is 277 g/mol. The van der Waals surface area contributed by atoms with Gasteiger partial charge in [0.25, 0.3) is 0 Å². The molecule has 1 atom stereocenters. The lowest BCUT2D eigenvalue weighted by Crippen LogP contribution is -2.40. The van der Waals surface area contributed by atoms with E-state index in [9.17, 15) is 4.79 Å². The number of benzene rings is 1. The zero-order valence-electron chi connectivity index (χ0n) is 12.1. The molecule has 2 nitrogen and oxygen atoms in total. The molecule has 0 amide bonds. The van der Waals surface area contributed by atoms with Crippen molar-refractivity contribution in [3.63, 3.8) is 0 Å². The van der Waals surface area contributed by atoms with Crippen molar-refractivity contribution < 1.29 is 4.79 Å². The van der Waals surface area contributed by atoms with Gasteiger partial charge in [-0.3, -0.25) is 9.69 Å². The number of ketones is 1. The van der Waals surface area contributed by atoms with Crippen molar-refractivity contribution in [3.8, 4) is 0 Å². The van der Waals surface area contributed by atoms with Crippen molar-refractivity contribution in [2.75, 3.05) is 25.4 Å². The van der Waals surface area contributed by atoms with Gasteiger partial charge in [-0.05, 0) is 25.8 Å². The molecule has 1 saturated heterocycles. The summed E-state index contributed by atoms with van der Waals surface area (Å²) >= 11 is 2.04. The fourth-order valence-corrected chi connectivity index (χ4v) is 3.83. The Morgan fingerprint density at radius 3 is 2.89 bits per heavy atom.